The number of aromatic nitrogens is 5. The molecule has 2 aliphatic carbocycles. The third-order valence-corrected chi connectivity index (χ3v) is 8.65. The number of benzene rings is 2. The molecule has 3 heterocycles. The number of carbonyl (C=O) groups is 1. The van der Waals surface area contributed by atoms with E-state index in [0.717, 1.165) is 12.1 Å². The minimum atomic E-state index is -5.11. The minimum absolute atomic E-state index is 0.0534. The maximum Gasteiger partial charge on any atom is 0.435 e. The molecule has 0 spiro atoms. The molecule has 1 unspecified atom stereocenters. The minimum Gasteiger partial charge on any atom is -0.382 e. The van der Waals surface area contributed by atoms with Gasteiger partial charge in [-0.2, -0.15) is 32.1 Å². The predicted molar refractivity (Wildman–Crippen MR) is 173 cm³/mol. The normalized spacial score (nSPS) is 17.7. The van der Waals surface area contributed by atoms with Gasteiger partial charge in [0, 0.05) is 22.6 Å². The number of hydrogen-bond donors (Lipinski definition) is 4. The number of carbonyl (C=O) groups excluding carboxylic acids is 1. The van der Waals surface area contributed by atoms with Crippen molar-refractivity contribution >= 4 is 22.6 Å². The molecule has 0 saturated heterocycles. The number of nitrogen functional groups attached to an aromatic ring is 1. The second-order valence-electron chi connectivity index (χ2n) is 13.0. The Bertz CT molecular complexity index is 2380. The highest BCUT2D eigenvalue weighted by Gasteiger charge is 2.62. The number of nitrogens with two attached hydrogens (primary N) is 1. The van der Waals surface area contributed by atoms with Crippen molar-refractivity contribution in [1.82, 2.24) is 30.3 Å². The van der Waals surface area contributed by atoms with E-state index in [4.69, 9.17) is 5.73 Å². The molecule has 0 aliphatic heterocycles. The van der Waals surface area contributed by atoms with Gasteiger partial charge in [0.15, 0.2) is 11.5 Å². The molecule has 0 radical (unpaired) electrons. The van der Waals surface area contributed by atoms with Crippen molar-refractivity contribution in [3.63, 3.8) is 0 Å². The van der Waals surface area contributed by atoms with E-state index in [1.165, 1.54) is 19.9 Å². The molecular weight excluding hydrogens is 695 g/mol. The van der Waals surface area contributed by atoms with Crippen LogP contribution in [-0.4, -0.2) is 41.6 Å². The van der Waals surface area contributed by atoms with Crippen molar-refractivity contribution < 1.29 is 40.6 Å². The Morgan fingerprint density at radius 1 is 1.12 bits per heavy atom. The van der Waals surface area contributed by atoms with Crippen LogP contribution >= 0.6 is 0 Å². The second-order valence-corrected chi connectivity index (χ2v) is 13.0. The zero-order valence-corrected chi connectivity index (χ0v) is 27.1. The molecule has 7 rings (SSSR count). The lowest BCUT2D eigenvalue weighted by Gasteiger charge is -2.24. The third kappa shape index (κ3) is 6.30. The van der Waals surface area contributed by atoms with Crippen LogP contribution in [0.2, 0.25) is 0 Å². The van der Waals surface area contributed by atoms with Crippen LogP contribution in [0.5, 0.6) is 0 Å². The zero-order chi connectivity index (χ0) is 37.3. The van der Waals surface area contributed by atoms with Crippen LogP contribution in [0.1, 0.15) is 59.7 Å². The molecule has 16 heteroatoms. The first-order chi connectivity index (χ1) is 24.4. The fourth-order valence-electron chi connectivity index (χ4n) is 6.41. The summed E-state index contributed by atoms with van der Waals surface area (Å²) in [6.07, 6.45) is -5.43. The summed E-state index contributed by atoms with van der Waals surface area (Å²) in [7, 11) is 0. The van der Waals surface area contributed by atoms with Gasteiger partial charge >= 0.3 is 12.1 Å². The lowest BCUT2D eigenvalue weighted by molar-refractivity contribution is -0.142. The number of anilines is 1. The molecule has 3 aromatic heterocycles. The molecular formula is C36H26F7N7O2. The van der Waals surface area contributed by atoms with Crippen LogP contribution in [0.3, 0.4) is 0 Å². The number of nitrogens with zero attached hydrogens (tertiary/aromatic N) is 4. The van der Waals surface area contributed by atoms with Crippen molar-refractivity contribution in [1.29, 1.82) is 0 Å². The van der Waals surface area contributed by atoms with Crippen LogP contribution in [0.25, 0.3) is 22.0 Å². The number of fused-ring (bicyclic) bond motifs is 4. The van der Waals surface area contributed by atoms with Crippen LogP contribution in [-0.2, 0) is 29.9 Å². The van der Waals surface area contributed by atoms with Gasteiger partial charge in [-0.05, 0) is 73.7 Å². The lowest BCUT2D eigenvalue weighted by Crippen LogP contribution is -2.36. The highest BCUT2D eigenvalue weighted by atomic mass is 19.4. The largest absolute Gasteiger partial charge is 0.435 e. The smallest absolute Gasteiger partial charge is 0.382 e. The average Bonchev–Trinajstić information content (AvgIpc) is 3.62. The summed E-state index contributed by atoms with van der Waals surface area (Å²) >= 11 is 0. The fourth-order valence-corrected chi connectivity index (χ4v) is 6.41. The number of H-pyrrole nitrogens is 1. The van der Waals surface area contributed by atoms with Crippen LogP contribution in [0.15, 0.2) is 48.5 Å². The number of rotatable bonds is 7. The number of aromatic amines is 1. The van der Waals surface area contributed by atoms with Crippen LogP contribution in [0, 0.1) is 41.2 Å². The summed E-state index contributed by atoms with van der Waals surface area (Å²) < 4.78 is 102. The Hall–Kier alpha value is -5.87. The Labute approximate surface area is 290 Å². The van der Waals surface area contributed by atoms with E-state index >= 15 is 8.78 Å². The summed E-state index contributed by atoms with van der Waals surface area (Å²) in [6, 6.07) is 9.59. The average molecular weight is 722 g/mol. The van der Waals surface area contributed by atoms with Gasteiger partial charge in [-0.3, -0.25) is 14.6 Å². The molecule has 3 atom stereocenters. The topological polar surface area (TPSA) is 135 Å². The van der Waals surface area contributed by atoms with Crippen molar-refractivity contribution in [3.05, 3.63) is 94.1 Å². The van der Waals surface area contributed by atoms with Crippen LogP contribution in [0.4, 0.5) is 36.6 Å². The third-order valence-electron chi connectivity index (χ3n) is 8.65. The number of alkyl halides is 5. The number of pyridine rings is 1. The van der Waals surface area contributed by atoms with Gasteiger partial charge in [0.05, 0.1) is 23.2 Å². The van der Waals surface area contributed by atoms with Gasteiger partial charge in [0.2, 0.25) is 5.91 Å². The molecule has 0 saturated carbocycles. The summed E-state index contributed by atoms with van der Waals surface area (Å²) in [4.78, 5) is 18.4. The van der Waals surface area contributed by atoms with Gasteiger partial charge in [-0.25, -0.2) is 13.8 Å². The molecule has 0 fully saturated rings. The second kappa shape index (κ2) is 12.1. The van der Waals surface area contributed by atoms with E-state index in [0.29, 0.717) is 32.8 Å². The quantitative estimate of drug-likeness (QED) is 0.125. The Kier molecular flexibility index (Phi) is 8.06. The first-order valence-electron chi connectivity index (χ1n) is 15.7. The molecule has 52 heavy (non-hydrogen) atoms. The summed E-state index contributed by atoms with van der Waals surface area (Å²) in [5, 5.41) is 23.5. The van der Waals surface area contributed by atoms with Gasteiger partial charge in [0.1, 0.15) is 41.1 Å². The molecule has 5 aromatic rings. The Balaban J connectivity index is 1.33. The summed E-state index contributed by atoms with van der Waals surface area (Å²) in [5.41, 5.74) is 2.95. The van der Waals surface area contributed by atoms with E-state index in [9.17, 15) is 31.9 Å². The van der Waals surface area contributed by atoms with Gasteiger partial charge in [-0.15, -0.1) is 0 Å². The van der Waals surface area contributed by atoms with Crippen molar-refractivity contribution in [2.45, 2.75) is 56.5 Å². The zero-order valence-electron chi connectivity index (χ0n) is 27.1. The molecule has 1 amide bonds. The van der Waals surface area contributed by atoms with E-state index in [1.807, 2.05) is 0 Å². The standard InChI is InChI=1S/C36H26F7N7O2/c1-34(2,52)10-9-21-4-5-22(18-3-8-26-24(14-18)33(44)48-47-26)30(45-21)27(13-17-11-19(37)15-20(38)12-17)46-28(51)16-50-32-29(31(49-50)36(41,42)43)23-6-7-25(23)35(32,39)40/h3-5,8,11-12,14-15,23,25,27,52H,13,16H2,1-2H3,(H,46,51)(H3,44,47,48)/t23-,25+,27?/m0/s1. The molecule has 9 nitrogen and oxygen atoms in total. The number of halogens is 7. The lowest BCUT2D eigenvalue weighted by atomic mass is 9.84. The predicted octanol–water partition coefficient (Wildman–Crippen LogP) is 5.75. The molecule has 5 N–H and O–H groups in total. The van der Waals surface area contributed by atoms with Crippen molar-refractivity contribution in [2.24, 2.45) is 5.92 Å². The monoisotopic (exact) mass is 721 g/mol. The molecule has 2 aromatic carbocycles. The van der Waals surface area contributed by atoms with Crippen molar-refractivity contribution in [2.75, 3.05) is 5.73 Å². The van der Waals surface area contributed by atoms with E-state index in [2.05, 4.69) is 49.3 Å². The summed E-state index contributed by atoms with van der Waals surface area (Å²) in [5.74, 6) is 0.309. The molecule has 2 aliphatic rings. The van der Waals surface area contributed by atoms with Gasteiger partial charge < -0.3 is 16.2 Å². The number of hydrogen-bond acceptors (Lipinski definition) is 6. The first-order valence-corrected chi connectivity index (χ1v) is 15.7. The highest BCUT2D eigenvalue weighted by molar-refractivity contribution is 5.92. The number of amides is 1. The van der Waals surface area contributed by atoms with Gasteiger partial charge in [-0.1, -0.05) is 23.8 Å². The maximum atomic E-state index is 15.4. The van der Waals surface area contributed by atoms with E-state index in [-0.39, 0.29) is 29.2 Å². The Morgan fingerprint density at radius 2 is 1.85 bits per heavy atom. The Morgan fingerprint density at radius 3 is 2.50 bits per heavy atom. The number of aliphatic hydroxyl groups is 1. The fraction of sp³-hybridized carbons (Fsp3) is 0.278. The van der Waals surface area contributed by atoms with E-state index in [1.54, 1.807) is 24.3 Å². The molecule has 0 bridgehead atoms. The SMILES string of the molecule is CC(C)(O)C#Cc1ccc(-c2ccc3[nH]nc(N)c3c2)c(C(Cc2cc(F)cc(F)c2)NC(=O)Cn2nc(C(F)(F)F)c3c2C(F)(F)[C@@H]2C#C[C@H]32)n1. The van der Waals surface area contributed by atoms with Gasteiger partial charge in [0.25, 0.3) is 0 Å². The van der Waals surface area contributed by atoms with E-state index < -0.39 is 76.6 Å². The highest BCUT2D eigenvalue weighted by Crippen LogP contribution is 2.58. The summed E-state index contributed by atoms with van der Waals surface area (Å²) in [6.45, 7) is 1.81. The number of nitrogens with one attached hydrogen (secondary N) is 2. The van der Waals surface area contributed by atoms with Crippen molar-refractivity contribution in [3.8, 4) is 34.8 Å². The maximum absolute atomic E-state index is 15.4. The molecule has 266 valence electrons. The van der Waals surface area contributed by atoms with Crippen LogP contribution < -0.4 is 11.1 Å². The first kappa shape index (κ1) is 34.6.